The van der Waals surface area contributed by atoms with E-state index in [1.807, 2.05) is 0 Å². The summed E-state index contributed by atoms with van der Waals surface area (Å²) in [4.78, 5) is 0. The van der Waals surface area contributed by atoms with Gasteiger partial charge < -0.3 is 0 Å². The standard InChI is InChI=1S/C71H52/c1-6-19-49(20-7-1)45-65(54-37-33-51(34-38-54)50-21-8-2-9-22-50)57-41-43-61-58(46-57)48-66(70-62(30-18-31-64(61)70)53-23-10-3-11-24-53)55-39-35-52(36-40-55)56-42-44-69-67(47-56)63-29-16-17-32-68(63)71(69,59-25-12-4-13-26-59)60-27-14-5-15-28-60/h1-44,46-47,65-66H,45,48H2. The van der Waals surface area contributed by atoms with Crippen LogP contribution in [0.2, 0.25) is 0 Å². The zero-order valence-electron chi connectivity index (χ0n) is 39.6. The van der Waals surface area contributed by atoms with Gasteiger partial charge in [-0.3, -0.25) is 0 Å². The molecule has 0 aromatic heterocycles. The minimum atomic E-state index is -0.410. The van der Waals surface area contributed by atoms with Gasteiger partial charge in [0.15, 0.2) is 0 Å². The summed E-state index contributed by atoms with van der Waals surface area (Å²) in [5.41, 5.74) is 25.8. The van der Waals surface area contributed by atoms with Gasteiger partial charge in [-0.15, -0.1) is 0 Å². The van der Waals surface area contributed by atoms with E-state index in [9.17, 15) is 0 Å². The lowest BCUT2D eigenvalue weighted by molar-refractivity contribution is 0.768. The Morgan fingerprint density at radius 2 is 0.845 bits per heavy atom. The number of hydrogen-bond acceptors (Lipinski definition) is 0. The third-order valence-electron chi connectivity index (χ3n) is 15.6. The topological polar surface area (TPSA) is 0 Å². The first-order valence-corrected chi connectivity index (χ1v) is 25.2. The zero-order valence-corrected chi connectivity index (χ0v) is 39.6. The molecular formula is C71H52. The van der Waals surface area contributed by atoms with Crippen LogP contribution >= 0.6 is 0 Å². The number of rotatable bonds is 10. The number of hydrogen-bond donors (Lipinski definition) is 0. The summed E-state index contributed by atoms with van der Waals surface area (Å²) in [5, 5.41) is 0. The van der Waals surface area contributed by atoms with Crippen LogP contribution in [0.25, 0.3) is 55.6 Å². The average Bonchev–Trinajstić information content (AvgIpc) is 3.76. The first-order chi connectivity index (χ1) is 35.2. The third-order valence-corrected chi connectivity index (χ3v) is 15.6. The van der Waals surface area contributed by atoms with Gasteiger partial charge in [0, 0.05) is 11.8 Å². The highest BCUT2D eigenvalue weighted by Crippen LogP contribution is 2.57. The Kier molecular flexibility index (Phi) is 10.8. The van der Waals surface area contributed by atoms with Crippen molar-refractivity contribution in [2.24, 2.45) is 0 Å². The highest BCUT2D eigenvalue weighted by molar-refractivity contribution is 5.89. The molecule has 0 bridgehead atoms. The molecule has 0 saturated carbocycles. The van der Waals surface area contributed by atoms with E-state index in [0.29, 0.717) is 0 Å². The highest BCUT2D eigenvalue weighted by Gasteiger charge is 2.46. The van der Waals surface area contributed by atoms with E-state index in [1.165, 1.54) is 111 Å². The van der Waals surface area contributed by atoms with Crippen LogP contribution in [0.4, 0.5) is 0 Å². The molecule has 11 aromatic carbocycles. The minimum absolute atomic E-state index is 0.167. The molecule has 0 fully saturated rings. The Bertz CT molecular complexity index is 3610. The van der Waals surface area contributed by atoms with Gasteiger partial charge in [0.25, 0.3) is 0 Å². The largest absolute Gasteiger partial charge is 0.0713 e. The molecule has 2 aliphatic rings. The fourth-order valence-corrected chi connectivity index (χ4v) is 12.3. The van der Waals surface area contributed by atoms with Crippen molar-refractivity contribution in [2.45, 2.75) is 30.1 Å². The monoisotopic (exact) mass is 904 g/mol. The van der Waals surface area contributed by atoms with E-state index in [0.717, 1.165) is 12.8 Å². The molecule has 2 aliphatic carbocycles. The zero-order chi connectivity index (χ0) is 47.1. The van der Waals surface area contributed by atoms with Crippen LogP contribution in [0.15, 0.2) is 279 Å². The van der Waals surface area contributed by atoms with Gasteiger partial charge in [0.05, 0.1) is 5.41 Å². The Morgan fingerprint density at radius 1 is 0.338 bits per heavy atom. The summed E-state index contributed by atoms with van der Waals surface area (Å²) >= 11 is 0. The molecule has 0 aliphatic heterocycles. The van der Waals surface area contributed by atoms with Gasteiger partial charge >= 0.3 is 0 Å². The molecule has 0 heteroatoms. The van der Waals surface area contributed by atoms with Gasteiger partial charge in [0.2, 0.25) is 0 Å². The second-order valence-electron chi connectivity index (χ2n) is 19.4. The molecule has 336 valence electrons. The molecular weight excluding hydrogens is 853 g/mol. The summed E-state index contributed by atoms with van der Waals surface area (Å²) in [6.45, 7) is 0. The maximum Gasteiger partial charge on any atom is 0.0713 e. The van der Waals surface area contributed by atoms with Crippen LogP contribution in [0.1, 0.15) is 67.5 Å². The van der Waals surface area contributed by atoms with Gasteiger partial charge in [-0.05, 0) is 130 Å². The number of benzene rings is 11. The summed E-state index contributed by atoms with van der Waals surface area (Å²) in [7, 11) is 0. The van der Waals surface area contributed by atoms with Crippen LogP contribution < -0.4 is 0 Å². The predicted molar refractivity (Wildman–Crippen MR) is 296 cm³/mol. The normalized spacial score (nSPS) is 14.4. The molecule has 71 heavy (non-hydrogen) atoms. The predicted octanol–water partition coefficient (Wildman–Crippen LogP) is 17.8. The Balaban J connectivity index is 0.899. The molecule has 0 saturated heterocycles. The average molecular weight is 905 g/mol. The molecule has 2 unspecified atom stereocenters. The lowest BCUT2D eigenvalue weighted by Gasteiger charge is -2.33. The maximum atomic E-state index is 2.54. The van der Waals surface area contributed by atoms with Gasteiger partial charge in [0.1, 0.15) is 0 Å². The Hall–Kier alpha value is -8.58. The summed E-state index contributed by atoms with van der Waals surface area (Å²) in [5.74, 6) is 0.368. The van der Waals surface area contributed by atoms with E-state index in [4.69, 9.17) is 0 Å². The fraction of sp³-hybridized carbons (Fsp3) is 0.0704. The molecule has 2 atom stereocenters. The van der Waals surface area contributed by atoms with Crippen LogP contribution in [-0.4, -0.2) is 0 Å². The van der Waals surface area contributed by atoms with E-state index < -0.39 is 5.41 Å². The second-order valence-corrected chi connectivity index (χ2v) is 19.4. The minimum Gasteiger partial charge on any atom is -0.0622 e. The first-order valence-electron chi connectivity index (χ1n) is 25.2. The van der Waals surface area contributed by atoms with Crippen LogP contribution in [0, 0.1) is 0 Å². The fourth-order valence-electron chi connectivity index (χ4n) is 12.3. The number of fused-ring (bicyclic) bond motifs is 6. The lowest BCUT2D eigenvalue weighted by atomic mass is 9.67. The Labute approximate surface area is 418 Å². The molecule has 0 spiro atoms. The molecule has 0 N–H and O–H groups in total. The molecule has 0 nitrogen and oxygen atoms in total. The van der Waals surface area contributed by atoms with Crippen LogP contribution in [0.3, 0.4) is 0 Å². The molecule has 0 amide bonds. The van der Waals surface area contributed by atoms with Crippen molar-refractivity contribution in [1.82, 2.24) is 0 Å². The van der Waals surface area contributed by atoms with E-state index in [2.05, 4.69) is 279 Å². The van der Waals surface area contributed by atoms with Crippen molar-refractivity contribution in [3.05, 3.63) is 335 Å². The van der Waals surface area contributed by atoms with E-state index >= 15 is 0 Å². The van der Waals surface area contributed by atoms with Gasteiger partial charge in [-0.25, -0.2) is 0 Å². The quantitative estimate of drug-likeness (QED) is 0.128. The van der Waals surface area contributed by atoms with Crippen LogP contribution in [0.5, 0.6) is 0 Å². The van der Waals surface area contributed by atoms with Crippen molar-refractivity contribution < 1.29 is 0 Å². The summed E-state index contributed by atoms with van der Waals surface area (Å²) < 4.78 is 0. The molecule has 11 aromatic rings. The molecule has 13 rings (SSSR count). The highest BCUT2D eigenvalue weighted by atomic mass is 14.5. The van der Waals surface area contributed by atoms with Crippen molar-refractivity contribution in [1.29, 1.82) is 0 Å². The van der Waals surface area contributed by atoms with Crippen molar-refractivity contribution in [2.75, 3.05) is 0 Å². The first kappa shape index (κ1) is 42.5. The third kappa shape index (κ3) is 7.47. The van der Waals surface area contributed by atoms with Crippen molar-refractivity contribution >= 4 is 0 Å². The van der Waals surface area contributed by atoms with Crippen LogP contribution in [-0.2, 0) is 18.3 Å². The lowest BCUT2D eigenvalue weighted by Crippen LogP contribution is -2.28. The van der Waals surface area contributed by atoms with Crippen molar-refractivity contribution in [3.8, 4) is 55.6 Å². The molecule has 0 radical (unpaired) electrons. The Morgan fingerprint density at radius 3 is 1.54 bits per heavy atom. The SMILES string of the molecule is c1ccc(CC(c2ccc(-c3ccccc3)cc2)c2ccc3c(c2)CC(c2ccc(-c4ccc5c(c4)-c4ccccc4C5(c4ccccc4)c4ccccc4)cc2)c2c(-c4ccccc4)cccc2-3)cc1. The molecule has 0 heterocycles. The summed E-state index contributed by atoms with van der Waals surface area (Å²) in [6.07, 6.45) is 1.85. The maximum absolute atomic E-state index is 2.54. The summed E-state index contributed by atoms with van der Waals surface area (Å²) in [6, 6.07) is 104. The van der Waals surface area contributed by atoms with E-state index in [-0.39, 0.29) is 11.8 Å². The van der Waals surface area contributed by atoms with Crippen molar-refractivity contribution in [3.63, 3.8) is 0 Å². The smallest absolute Gasteiger partial charge is 0.0622 e. The second kappa shape index (κ2) is 18.1. The van der Waals surface area contributed by atoms with Gasteiger partial charge in [-0.2, -0.15) is 0 Å². The van der Waals surface area contributed by atoms with Gasteiger partial charge in [-0.1, -0.05) is 273 Å². The van der Waals surface area contributed by atoms with E-state index in [1.54, 1.807) is 0 Å².